The summed E-state index contributed by atoms with van der Waals surface area (Å²) in [7, 11) is -3.23. The van der Waals surface area contributed by atoms with E-state index < -0.39 is 10.0 Å². The van der Waals surface area contributed by atoms with Crippen LogP contribution in [-0.4, -0.2) is 59.4 Å². The molecular formula is C14H16IN7O2S. The van der Waals surface area contributed by atoms with Crippen LogP contribution in [0.3, 0.4) is 0 Å². The van der Waals surface area contributed by atoms with Crippen molar-refractivity contribution < 1.29 is 8.42 Å². The van der Waals surface area contributed by atoms with Crippen LogP contribution < -0.4 is 0 Å². The van der Waals surface area contributed by atoms with E-state index in [1.807, 2.05) is 19.8 Å². The molecule has 1 atom stereocenters. The Bertz CT molecular complexity index is 1060. The molecule has 0 bridgehead atoms. The highest BCUT2D eigenvalue weighted by Gasteiger charge is 2.41. The summed E-state index contributed by atoms with van der Waals surface area (Å²) < 4.78 is 30.7. The molecule has 1 N–H and O–H groups in total. The van der Waals surface area contributed by atoms with E-state index in [4.69, 9.17) is 0 Å². The number of H-pyrrole nitrogens is 1. The zero-order valence-corrected chi connectivity index (χ0v) is 16.2. The Labute approximate surface area is 158 Å². The molecular weight excluding hydrogens is 457 g/mol. The van der Waals surface area contributed by atoms with E-state index in [9.17, 15) is 8.42 Å². The smallest absolute Gasteiger partial charge is 0.215 e. The van der Waals surface area contributed by atoms with E-state index in [0.717, 1.165) is 29.8 Å². The SMILES string of the molecule is O=S(=O)(CC1CC1)N1C[C@H](c2nnc3cnc4[nH]ccc4n23)N(I)C1. The van der Waals surface area contributed by atoms with Crippen LogP contribution in [0.4, 0.5) is 0 Å². The molecule has 25 heavy (non-hydrogen) atoms. The van der Waals surface area contributed by atoms with E-state index in [2.05, 4.69) is 43.0 Å². The summed E-state index contributed by atoms with van der Waals surface area (Å²) in [5.41, 5.74) is 2.30. The van der Waals surface area contributed by atoms with Crippen LogP contribution in [0.25, 0.3) is 16.8 Å². The van der Waals surface area contributed by atoms with Crippen molar-refractivity contribution in [2.24, 2.45) is 5.92 Å². The van der Waals surface area contributed by atoms with Gasteiger partial charge in [0.15, 0.2) is 17.1 Å². The molecule has 2 aliphatic rings. The highest BCUT2D eigenvalue weighted by Crippen LogP contribution is 2.36. The molecule has 4 heterocycles. The molecule has 11 heteroatoms. The Morgan fingerprint density at radius 3 is 2.96 bits per heavy atom. The van der Waals surface area contributed by atoms with Crippen molar-refractivity contribution in [1.82, 2.24) is 32.0 Å². The van der Waals surface area contributed by atoms with Crippen LogP contribution in [0.15, 0.2) is 18.5 Å². The monoisotopic (exact) mass is 473 g/mol. The van der Waals surface area contributed by atoms with Crippen molar-refractivity contribution in [3.63, 3.8) is 0 Å². The number of halogens is 1. The lowest BCUT2D eigenvalue weighted by atomic mass is 10.3. The second-order valence-corrected chi connectivity index (χ2v) is 9.89. The number of nitrogens with one attached hydrogen (secondary N) is 1. The average molecular weight is 473 g/mol. The maximum Gasteiger partial charge on any atom is 0.215 e. The summed E-state index contributed by atoms with van der Waals surface area (Å²) in [6, 6.07) is 1.78. The maximum absolute atomic E-state index is 12.6. The molecule has 1 saturated carbocycles. The number of hydrogen-bond acceptors (Lipinski definition) is 6. The fourth-order valence-corrected chi connectivity index (χ4v) is 6.11. The first-order valence-electron chi connectivity index (χ1n) is 8.10. The van der Waals surface area contributed by atoms with Crippen LogP contribution in [0.2, 0.25) is 0 Å². The number of fused-ring (bicyclic) bond motifs is 3. The maximum atomic E-state index is 12.6. The van der Waals surface area contributed by atoms with Crippen molar-refractivity contribution >= 4 is 49.7 Å². The molecule has 5 rings (SSSR count). The standard InChI is InChI=1S/C14H16IN7O2S/c15-21-8-20(25(23,24)7-9-1-2-9)6-11(21)14-19-18-12-5-17-13-10(22(12)14)3-4-16-13/h3-5,9,11,16H,1-2,6-8H2/t11-/m1/s1. The third-order valence-electron chi connectivity index (χ3n) is 4.81. The molecule has 0 radical (unpaired) electrons. The Morgan fingerprint density at radius 1 is 1.32 bits per heavy atom. The Balaban J connectivity index is 1.53. The second-order valence-electron chi connectivity index (χ2n) is 6.63. The van der Waals surface area contributed by atoms with Crippen molar-refractivity contribution in [3.8, 4) is 0 Å². The molecule has 0 spiro atoms. The van der Waals surface area contributed by atoms with Crippen molar-refractivity contribution in [2.75, 3.05) is 19.0 Å². The predicted molar refractivity (Wildman–Crippen MR) is 99.3 cm³/mol. The quantitative estimate of drug-likeness (QED) is 0.453. The molecule has 0 aromatic carbocycles. The minimum absolute atomic E-state index is 0.148. The van der Waals surface area contributed by atoms with E-state index >= 15 is 0 Å². The van der Waals surface area contributed by atoms with Crippen LogP contribution in [-0.2, 0) is 10.0 Å². The van der Waals surface area contributed by atoms with Gasteiger partial charge in [0, 0.05) is 35.6 Å². The molecule has 1 aliphatic heterocycles. The normalized spacial score (nSPS) is 23.2. The number of hydrogen-bond donors (Lipinski definition) is 1. The molecule has 1 saturated heterocycles. The minimum Gasteiger partial charge on any atom is -0.345 e. The molecule has 3 aromatic rings. The van der Waals surface area contributed by atoms with Gasteiger partial charge in [-0.25, -0.2) is 16.5 Å². The first-order chi connectivity index (χ1) is 12.0. The fraction of sp³-hybridized carbons (Fsp3) is 0.500. The summed E-state index contributed by atoms with van der Waals surface area (Å²) >= 11 is 2.18. The Kier molecular flexibility index (Phi) is 3.56. The van der Waals surface area contributed by atoms with Gasteiger partial charge < -0.3 is 4.98 Å². The third kappa shape index (κ3) is 2.64. The molecule has 0 amide bonds. The van der Waals surface area contributed by atoms with E-state index in [0.29, 0.717) is 24.8 Å². The Hall–Kier alpha value is -1.31. The van der Waals surface area contributed by atoms with E-state index in [1.165, 1.54) is 0 Å². The van der Waals surface area contributed by atoms with Gasteiger partial charge in [0.2, 0.25) is 10.0 Å². The summed E-state index contributed by atoms with van der Waals surface area (Å²) in [5, 5.41) is 8.55. The zero-order chi connectivity index (χ0) is 17.2. The molecule has 2 fully saturated rings. The van der Waals surface area contributed by atoms with Gasteiger partial charge in [-0.2, -0.15) is 4.31 Å². The molecule has 1 aliphatic carbocycles. The van der Waals surface area contributed by atoms with Gasteiger partial charge in [-0.1, -0.05) is 0 Å². The Morgan fingerprint density at radius 2 is 2.16 bits per heavy atom. The van der Waals surface area contributed by atoms with E-state index in [1.54, 1.807) is 10.5 Å². The first kappa shape index (κ1) is 15.9. The number of aromatic amines is 1. The first-order valence-corrected chi connectivity index (χ1v) is 10.7. The number of aromatic nitrogens is 5. The molecule has 9 nitrogen and oxygen atoms in total. The van der Waals surface area contributed by atoms with Gasteiger partial charge in [-0.3, -0.25) is 4.40 Å². The van der Waals surface area contributed by atoms with Gasteiger partial charge in [0.05, 0.1) is 30.2 Å². The predicted octanol–water partition coefficient (Wildman–Crippen LogP) is 1.31. The van der Waals surface area contributed by atoms with Gasteiger partial charge in [0.25, 0.3) is 0 Å². The third-order valence-corrected chi connectivity index (χ3v) is 7.73. The second kappa shape index (κ2) is 5.59. The van der Waals surface area contributed by atoms with Crippen molar-refractivity contribution in [2.45, 2.75) is 18.9 Å². The van der Waals surface area contributed by atoms with Gasteiger partial charge >= 0.3 is 0 Å². The van der Waals surface area contributed by atoms with Crippen LogP contribution in [0.5, 0.6) is 0 Å². The minimum atomic E-state index is -3.23. The highest BCUT2D eigenvalue weighted by atomic mass is 127. The molecule has 0 unspecified atom stereocenters. The van der Waals surface area contributed by atoms with Gasteiger partial charge in [0.1, 0.15) is 0 Å². The number of nitrogens with zero attached hydrogens (tertiary/aromatic N) is 6. The van der Waals surface area contributed by atoms with E-state index in [-0.39, 0.29) is 11.8 Å². The molecule has 132 valence electrons. The largest absolute Gasteiger partial charge is 0.345 e. The number of rotatable bonds is 4. The van der Waals surface area contributed by atoms with Gasteiger partial charge in [-0.15, -0.1) is 10.2 Å². The van der Waals surface area contributed by atoms with Gasteiger partial charge in [-0.05, 0) is 24.8 Å². The lowest BCUT2D eigenvalue weighted by Crippen LogP contribution is -2.32. The summed E-state index contributed by atoms with van der Waals surface area (Å²) in [6.07, 6.45) is 5.54. The average Bonchev–Trinajstić information content (AvgIpc) is 3.00. The molecule has 3 aromatic heterocycles. The lowest BCUT2D eigenvalue weighted by molar-refractivity contribution is 0.442. The van der Waals surface area contributed by atoms with Crippen molar-refractivity contribution in [1.29, 1.82) is 0 Å². The van der Waals surface area contributed by atoms with Crippen LogP contribution in [0.1, 0.15) is 24.7 Å². The van der Waals surface area contributed by atoms with Crippen LogP contribution >= 0.6 is 22.9 Å². The summed E-state index contributed by atoms with van der Waals surface area (Å²) in [4.78, 5) is 7.40. The lowest BCUT2D eigenvalue weighted by Gasteiger charge is -2.14. The highest BCUT2D eigenvalue weighted by molar-refractivity contribution is 14.1. The fourth-order valence-electron chi connectivity index (χ4n) is 3.30. The summed E-state index contributed by atoms with van der Waals surface area (Å²) in [6.45, 7) is 0.767. The zero-order valence-electron chi connectivity index (χ0n) is 13.2. The van der Waals surface area contributed by atoms with Crippen molar-refractivity contribution in [3.05, 3.63) is 24.3 Å². The summed E-state index contributed by atoms with van der Waals surface area (Å²) in [5.74, 6) is 1.34. The van der Waals surface area contributed by atoms with Crippen LogP contribution in [0, 0.1) is 5.92 Å². The topological polar surface area (TPSA) is 99.5 Å². The number of sulfonamides is 1.